The molecule has 0 saturated heterocycles. The van der Waals surface area contributed by atoms with Crippen LogP contribution in [0.25, 0.3) is 0 Å². The van der Waals surface area contributed by atoms with Gasteiger partial charge in [-0.25, -0.2) is 4.39 Å². The molecule has 0 aliphatic carbocycles. The molecule has 0 bridgehead atoms. The molecule has 4 heteroatoms. The van der Waals surface area contributed by atoms with Crippen LogP contribution in [0.1, 0.15) is 24.4 Å². The number of hydrogen-bond acceptors (Lipinski definition) is 3. The highest BCUT2D eigenvalue weighted by atomic mass is 19.1. The van der Waals surface area contributed by atoms with E-state index in [1.165, 1.54) is 6.07 Å². The van der Waals surface area contributed by atoms with E-state index >= 15 is 0 Å². The summed E-state index contributed by atoms with van der Waals surface area (Å²) in [4.78, 5) is 0. The fourth-order valence-corrected chi connectivity index (χ4v) is 1.46. The van der Waals surface area contributed by atoms with Crippen LogP contribution in [0, 0.1) is 5.82 Å². The molecule has 0 fully saturated rings. The summed E-state index contributed by atoms with van der Waals surface area (Å²) in [7, 11) is 0. The summed E-state index contributed by atoms with van der Waals surface area (Å²) in [5.41, 5.74) is 6.14. The van der Waals surface area contributed by atoms with Gasteiger partial charge in [-0.15, -0.1) is 0 Å². The molecular formula is C11H16FNO2. The predicted molar refractivity (Wildman–Crippen MR) is 55.7 cm³/mol. The summed E-state index contributed by atoms with van der Waals surface area (Å²) in [5.74, 6) is -0.360. The Morgan fingerprint density at radius 1 is 1.33 bits per heavy atom. The van der Waals surface area contributed by atoms with Crippen LogP contribution in [0.4, 0.5) is 4.39 Å². The molecule has 0 aliphatic rings. The molecule has 0 aromatic heterocycles. The van der Waals surface area contributed by atoms with E-state index in [2.05, 4.69) is 0 Å². The number of hydrogen-bond donors (Lipinski definition) is 3. The van der Waals surface area contributed by atoms with Crippen molar-refractivity contribution in [2.24, 2.45) is 5.73 Å². The summed E-state index contributed by atoms with van der Waals surface area (Å²) in [6, 6.07) is 5.71. The van der Waals surface area contributed by atoms with Gasteiger partial charge in [0, 0.05) is 18.2 Å². The van der Waals surface area contributed by atoms with E-state index in [1.54, 1.807) is 18.2 Å². The van der Waals surface area contributed by atoms with Crippen LogP contribution in [0.3, 0.4) is 0 Å². The Labute approximate surface area is 88.4 Å². The molecule has 1 rings (SSSR count). The van der Waals surface area contributed by atoms with Crippen LogP contribution in [0.5, 0.6) is 0 Å². The number of rotatable bonds is 5. The minimum absolute atomic E-state index is 0.0921. The van der Waals surface area contributed by atoms with Crippen LogP contribution >= 0.6 is 0 Å². The first-order valence-corrected chi connectivity index (χ1v) is 4.94. The van der Waals surface area contributed by atoms with Crippen molar-refractivity contribution in [1.82, 2.24) is 0 Å². The molecule has 0 aliphatic heterocycles. The molecule has 1 aromatic carbocycles. The number of aliphatic hydroxyl groups excluding tert-OH is 2. The normalized spacial score (nSPS) is 14.9. The van der Waals surface area contributed by atoms with Gasteiger partial charge in [0.05, 0.1) is 6.10 Å². The molecule has 3 nitrogen and oxygen atoms in total. The third-order valence-electron chi connectivity index (χ3n) is 2.29. The average Bonchev–Trinajstić information content (AvgIpc) is 2.18. The highest BCUT2D eigenvalue weighted by Crippen LogP contribution is 2.19. The summed E-state index contributed by atoms with van der Waals surface area (Å²) >= 11 is 0. The second-order valence-electron chi connectivity index (χ2n) is 3.53. The Morgan fingerprint density at radius 2 is 2.00 bits per heavy atom. The largest absolute Gasteiger partial charge is 0.396 e. The quantitative estimate of drug-likeness (QED) is 0.682. The highest BCUT2D eigenvalue weighted by Gasteiger charge is 2.14. The van der Waals surface area contributed by atoms with Gasteiger partial charge in [0.15, 0.2) is 0 Å². The van der Waals surface area contributed by atoms with E-state index in [4.69, 9.17) is 10.8 Å². The highest BCUT2D eigenvalue weighted by molar-refractivity contribution is 5.20. The second-order valence-corrected chi connectivity index (χ2v) is 3.53. The third-order valence-corrected chi connectivity index (χ3v) is 2.29. The molecule has 4 N–H and O–H groups in total. The van der Waals surface area contributed by atoms with E-state index in [9.17, 15) is 9.50 Å². The van der Waals surface area contributed by atoms with Gasteiger partial charge in [-0.3, -0.25) is 0 Å². The van der Waals surface area contributed by atoms with Crippen molar-refractivity contribution in [3.05, 3.63) is 35.6 Å². The fourth-order valence-electron chi connectivity index (χ4n) is 1.46. The van der Waals surface area contributed by atoms with Crippen molar-refractivity contribution in [3.63, 3.8) is 0 Å². The van der Waals surface area contributed by atoms with Crippen LogP contribution in [-0.2, 0) is 0 Å². The minimum Gasteiger partial charge on any atom is -0.396 e. The zero-order valence-corrected chi connectivity index (χ0v) is 8.44. The standard InChI is InChI=1S/C11H16FNO2/c12-10-4-2-1-3-9(10)11(13)7-8(15)5-6-14/h1-4,8,11,14-15H,5-7,13H2/t8?,11-/m1/s1. The van der Waals surface area contributed by atoms with E-state index in [0.717, 1.165) is 0 Å². The zero-order chi connectivity index (χ0) is 11.3. The van der Waals surface area contributed by atoms with Crippen LogP contribution in [-0.4, -0.2) is 22.9 Å². The third kappa shape index (κ3) is 3.58. The van der Waals surface area contributed by atoms with Crippen LogP contribution in [0.2, 0.25) is 0 Å². The molecule has 0 heterocycles. The molecule has 84 valence electrons. The van der Waals surface area contributed by atoms with E-state index in [-0.39, 0.29) is 25.3 Å². The SMILES string of the molecule is N[C@H](CC(O)CCO)c1ccccc1F. The summed E-state index contributed by atoms with van der Waals surface area (Å²) in [5, 5.41) is 18.0. The molecule has 1 unspecified atom stereocenters. The average molecular weight is 213 g/mol. The fraction of sp³-hybridized carbons (Fsp3) is 0.455. The maximum Gasteiger partial charge on any atom is 0.127 e. The summed E-state index contributed by atoms with van der Waals surface area (Å²) < 4.78 is 13.3. The topological polar surface area (TPSA) is 66.5 Å². The lowest BCUT2D eigenvalue weighted by atomic mass is 10.00. The number of benzene rings is 1. The van der Waals surface area contributed by atoms with Crippen molar-refractivity contribution in [2.75, 3.05) is 6.61 Å². The second kappa shape index (κ2) is 5.80. The Balaban J connectivity index is 2.61. The predicted octanol–water partition coefficient (Wildman–Crippen LogP) is 0.959. The minimum atomic E-state index is -0.690. The number of aliphatic hydroxyl groups is 2. The Morgan fingerprint density at radius 3 is 2.60 bits per heavy atom. The molecule has 1 aromatic rings. The van der Waals surface area contributed by atoms with Gasteiger partial charge >= 0.3 is 0 Å². The van der Waals surface area contributed by atoms with Gasteiger partial charge in [-0.2, -0.15) is 0 Å². The van der Waals surface area contributed by atoms with E-state index in [1.807, 2.05) is 0 Å². The first-order valence-electron chi connectivity index (χ1n) is 4.94. The summed E-state index contributed by atoms with van der Waals surface area (Å²) in [6.07, 6.45) is -0.173. The van der Waals surface area contributed by atoms with Gasteiger partial charge in [0.25, 0.3) is 0 Å². The van der Waals surface area contributed by atoms with Gasteiger partial charge in [0.2, 0.25) is 0 Å². The van der Waals surface area contributed by atoms with Crippen molar-refractivity contribution >= 4 is 0 Å². The van der Waals surface area contributed by atoms with E-state index < -0.39 is 12.1 Å². The molecule has 0 spiro atoms. The lowest BCUT2D eigenvalue weighted by Crippen LogP contribution is -2.20. The number of halogens is 1. The summed E-state index contributed by atoms with van der Waals surface area (Å²) in [6.45, 7) is -0.0921. The van der Waals surface area contributed by atoms with Gasteiger partial charge < -0.3 is 15.9 Å². The molecule has 0 radical (unpaired) electrons. The smallest absolute Gasteiger partial charge is 0.127 e. The Kier molecular flexibility index (Phi) is 4.68. The maximum atomic E-state index is 13.3. The van der Waals surface area contributed by atoms with Crippen molar-refractivity contribution in [2.45, 2.75) is 25.0 Å². The first kappa shape index (κ1) is 12.1. The molecule has 15 heavy (non-hydrogen) atoms. The maximum absolute atomic E-state index is 13.3. The van der Waals surface area contributed by atoms with Gasteiger partial charge in [-0.1, -0.05) is 18.2 Å². The van der Waals surface area contributed by atoms with Gasteiger partial charge in [-0.05, 0) is 18.9 Å². The van der Waals surface area contributed by atoms with E-state index in [0.29, 0.717) is 5.56 Å². The molecule has 0 saturated carbocycles. The van der Waals surface area contributed by atoms with Gasteiger partial charge in [0.1, 0.15) is 5.82 Å². The monoisotopic (exact) mass is 213 g/mol. The lowest BCUT2D eigenvalue weighted by molar-refractivity contribution is 0.118. The lowest BCUT2D eigenvalue weighted by Gasteiger charge is -2.16. The van der Waals surface area contributed by atoms with Crippen molar-refractivity contribution in [1.29, 1.82) is 0 Å². The molecule has 2 atom stereocenters. The van der Waals surface area contributed by atoms with Crippen molar-refractivity contribution < 1.29 is 14.6 Å². The Hall–Kier alpha value is -0.970. The first-order chi connectivity index (χ1) is 7.15. The van der Waals surface area contributed by atoms with Crippen LogP contribution in [0.15, 0.2) is 24.3 Å². The number of nitrogens with two attached hydrogens (primary N) is 1. The zero-order valence-electron chi connectivity index (χ0n) is 8.44. The molecular weight excluding hydrogens is 197 g/mol. The van der Waals surface area contributed by atoms with Crippen molar-refractivity contribution in [3.8, 4) is 0 Å². The van der Waals surface area contributed by atoms with Crippen LogP contribution < -0.4 is 5.73 Å². The molecule has 0 amide bonds. The Bertz CT molecular complexity index is 306.